The molecule has 0 amide bonds. The third kappa shape index (κ3) is 7.51. The predicted molar refractivity (Wildman–Crippen MR) is 169 cm³/mol. The first kappa shape index (κ1) is 35.2. The van der Waals surface area contributed by atoms with Crippen LogP contribution < -0.4 is 0 Å². The Labute approximate surface area is 264 Å². The molecular formula is C36H44FIrN2O2-. The molecule has 1 N–H and O–H groups in total. The Bertz CT molecular complexity index is 1630. The summed E-state index contributed by atoms with van der Waals surface area (Å²) < 4.78 is 14.6. The zero-order valence-electron chi connectivity index (χ0n) is 26.8. The van der Waals surface area contributed by atoms with Crippen LogP contribution in [0.2, 0.25) is 0 Å². The number of aromatic nitrogens is 2. The van der Waals surface area contributed by atoms with Gasteiger partial charge in [-0.1, -0.05) is 67.5 Å². The van der Waals surface area contributed by atoms with Crippen LogP contribution in [0, 0.1) is 57.3 Å². The topological polar surface area (TPSA) is 63.1 Å². The van der Waals surface area contributed by atoms with Gasteiger partial charge in [-0.05, 0) is 67.3 Å². The van der Waals surface area contributed by atoms with Crippen LogP contribution in [0.1, 0.15) is 82.5 Å². The summed E-state index contributed by atoms with van der Waals surface area (Å²) in [6, 6.07) is 13.5. The normalized spacial score (nSPS) is 12.1. The zero-order chi connectivity index (χ0) is 30.9. The second-order valence-corrected chi connectivity index (χ2v) is 12.4. The van der Waals surface area contributed by atoms with Crippen molar-refractivity contribution in [3.8, 4) is 11.3 Å². The monoisotopic (exact) mass is 748 g/mol. The van der Waals surface area contributed by atoms with Crippen LogP contribution in [-0.4, -0.2) is 20.9 Å². The number of hydrogen-bond donors (Lipinski definition) is 1. The molecule has 0 aliphatic heterocycles. The van der Waals surface area contributed by atoms with Crippen LogP contribution in [0.15, 0.2) is 42.2 Å². The van der Waals surface area contributed by atoms with E-state index in [1.54, 1.807) is 6.92 Å². The maximum absolute atomic E-state index is 14.6. The van der Waals surface area contributed by atoms with Crippen molar-refractivity contribution in [1.29, 1.82) is 0 Å². The van der Waals surface area contributed by atoms with Crippen molar-refractivity contribution < 1.29 is 34.4 Å². The Hall–Kier alpha value is -2.95. The third-order valence-electron chi connectivity index (χ3n) is 8.23. The van der Waals surface area contributed by atoms with Crippen molar-refractivity contribution >= 4 is 27.5 Å². The van der Waals surface area contributed by atoms with E-state index in [2.05, 4.69) is 30.1 Å². The molecule has 1 aromatic heterocycles. The largest absolute Gasteiger partial charge is 0.512 e. The second-order valence-electron chi connectivity index (χ2n) is 12.4. The summed E-state index contributed by atoms with van der Waals surface area (Å²) >= 11 is 0. The minimum atomic E-state index is -0.377. The summed E-state index contributed by atoms with van der Waals surface area (Å²) in [5.41, 5.74) is 5.44. The number of hydrogen-bond acceptors (Lipinski definition) is 4. The van der Waals surface area contributed by atoms with Crippen molar-refractivity contribution in [1.82, 2.24) is 9.97 Å². The number of fused-ring (bicyclic) bond motifs is 3. The number of aryl methyl sites for hydroxylation is 5. The fourth-order valence-electron chi connectivity index (χ4n) is 4.64. The molecule has 0 unspecified atom stereocenters. The van der Waals surface area contributed by atoms with E-state index < -0.39 is 0 Å². The zero-order valence-corrected chi connectivity index (χ0v) is 29.2. The minimum Gasteiger partial charge on any atom is -0.512 e. The summed E-state index contributed by atoms with van der Waals surface area (Å²) in [6.45, 7) is 21.3. The molecular weight excluding hydrogens is 704 g/mol. The number of nitrogens with zero attached hydrogens (tertiary/aromatic N) is 2. The van der Waals surface area contributed by atoms with E-state index in [1.165, 1.54) is 11.6 Å². The van der Waals surface area contributed by atoms with Gasteiger partial charge in [-0.2, -0.15) is 0 Å². The van der Waals surface area contributed by atoms with Gasteiger partial charge in [-0.25, -0.2) is 9.37 Å². The van der Waals surface area contributed by atoms with Gasteiger partial charge in [0, 0.05) is 42.4 Å². The number of rotatable bonds is 6. The molecule has 4 nitrogen and oxygen atoms in total. The maximum Gasteiger partial charge on any atom is 0.164 e. The van der Waals surface area contributed by atoms with Crippen molar-refractivity contribution in [2.45, 2.75) is 89.0 Å². The fraction of sp³-hybridized carbons (Fsp3) is 0.417. The summed E-state index contributed by atoms with van der Waals surface area (Å²) in [5.74, 6) is 0.703. The third-order valence-corrected chi connectivity index (χ3v) is 8.23. The van der Waals surface area contributed by atoms with Gasteiger partial charge in [0.15, 0.2) is 5.78 Å². The number of ketones is 1. The van der Waals surface area contributed by atoms with Crippen LogP contribution in [0.25, 0.3) is 32.9 Å². The fourth-order valence-corrected chi connectivity index (χ4v) is 4.64. The number of aliphatic hydroxyl groups is 1. The van der Waals surface area contributed by atoms with E-state index in [1.807, 2.05) is 80.5 Å². The van der Waals surface area contributed by atoms with Gasteiger partial charge in [0.25, 0.3) is 0 Å². The first-order valence-corrected chi connectivity index (χ1v) is 14.4. The average molecular weight is 748 g/mol. The molecule has 4 rings (SSSR count). The summed E-state index contributed by atoms with van der Waals surface area (Å²) in [7, 11) is 0. The average Bonchev–Trinajstić information content (AvgIpc) is 2.90. The van der Waals surface area contributed by atoms with Crippen LogP contribution >= 0.6 is 0 Å². The van der Waals surface area contributed by atoms with E-state index in [0.29, 0.717) is 17.0 Å². The van der Waals surface area contributed by atoms with Crippen molar-refractivity contribution in [3.63, 3.8) is 0 Å². The van der Waals surface area contributed by atoms with Crippen molar-refractivity contribution in [3.05, 3.63) is 82.1 Å². The van der Waals surface area contributed by atoms with Gasteiger partial charge in [-0.15, -0.1) is 34.9 Å². The van der Waals surface area contributed by atoms with E-state index in [4.69, 9.17) is 4.98 Å². The Balaban J connectivity index is 0.000000334. The van der Waals surface area contributed by atoms with Gasteiger partial charge >= 0.3 is 0 Å². The number of allylic oxidation sites excluding steroid dienone is 2. The minimum absolute atomic E-state index is 0. The quantitative estimate of drug-likeness (QED) is 0.0924. The maximum atomic E-state index is 14.6. The van der Waals surface area contributed by atoms with Crippen LogP contribution in [-0.2, 0) is 24.9 Å². The molecule has 0 saturated carbocycles. The van der Waals surface area contributed by atoms with Gasteiger partial charge in [0.1, 0.15) is 17.4 Å². The smallest absolute Gasteiger partial charge is 0.164 e. The standard InChI is InChI=1S/C23H20FN2.C13H24O2.Ir/c1-12-8-13(2)10-18(9-12)22-19-7-6-17-11-14(3)21(24)15(4)20(17)23(19)26-16(5)25-22;1-7-12(3,4)10(14)9-11(15)13(5,6)8-2;/h6-9,11H,1-5H3;9,14H,7-8H2,1-6H3;/q-1;;/b;10-9-;. The molecule has 0 bridgehead atoms. The Kier molecular flexibility index (Phi) is 11.4. The Morgan fingerprint density at radius 2 is 1.57 bits per heavy atom. The molecule has 4 aromatic rings. The van der Waals surface area contributed by atoms with E-state index in [-0.39, 0.29) is 48.3 Å². The Morgan fingerprint density at radius 3 is 2.14 bits per heavy atom. The first-order valence-electron chi connectivity index (χ1n) is 14.4. The molecule has 0 aliphatic rings. The first-order chi connectivity index (χ1) is 19.0. The molecule has 0 saturated heterocycles. The number of carbonyl (C=O) groups is 1. The summed E-state index contributed by atoms with van der Waals surface area (Å²) in [4.78, 5) is 21.2. The molecule has 0 spiro atoms. The van der Waals surface area contributed by atoms with E-state index in [9.17, 15) is 14.3 Å². The van der Waals surface area contributed by atoms with Crippen LogP contribution in [0.5, 0.6) is 0 Å². The summed E-state index contributed by atoms with van der Waals surface area (Å²) in [6.07, 6.45) is 2.99. The van der Waals surface area contributed by atoms with Gasteiger partial charge in [0.2, 0.25) is 0 Å². The summed E-state index contributed by atoms with van der Waals surface area (Å²) in [5, 5.41) is 12.6. The molecule has 227 valence electrons. The Morgan fingerprint density at radius 1 is 0.952 bits per heavy atom. The van der Waals surface area contributed by atoms with E-state index >= 15 is 0 Å². The molecule has 0 atom stereocenters. The molecule has 1 radical (unpaired) electrons. The van der Waals surface area contributed by atoms with E-state index in [0.717, 1.165) is 51.3 Å². The molecule has 1 heterocycles. The molecule has 0 aliphatic carbocycles. The number of halogens is 1. The SMILES string of the molecule is CCC(C)(C)C(=O)/C=C(\O)C(C)(C)CC.Cc1[c-]c(-c2nc(C)nc3c2ccc2cc(C)c(F)c(C)c23)cc(C)c1.[Ir]. The van der Waals surface area contributed by atoms with Crippen LogP contribution in [0.4, 0.5) is 4.39 Å². The van der Waals surface area contributed by atoms with Crippen molar-refractivity contribution in [2.75, 3.05) is 0 Å². The van der Waals surface area contributed by atoms with Crippen LogP contribution in [0.3, 0.4) is 0 Å². The number of benzene rings is 3. The molecule has 42 heavy (non-hydrogen) atoms. The van der Waals surface area contributed by atoms with Gasteiger partial charge < -0.3 is 5.11 Å². The molecule has 3 aromatic carbocycles. The van der Waals surface area contributed by atoms with Crippen molar-refractivity contribution in [2.24, 2.45) is 10.8 Å². The predicted octanol–water partition coefficient (Wildman–Crippen LogP) is 9.80. The number of carbonyl (C=O) groups excluding carboxylic acids is 1. The molecule has 0 fully saturated rings. The second kappa shape index (κ2) is 13.6. The van der Waals surface area contributed by atoms with Gasteiger partial charge in [-0.3, -0.25) is 9.78 Å². The molecule has 6 heteroatoms. The number of aliphatic hydroxyl groups excluding tert-OH is 1. The van der Waals surface area contributed by atoms with Gasteiger partial charge in [0.05, 0.1) is 5.52 Å².